The Labute approximate surface area is 154 Å². The van der Waals surface area contributed by atoms with Gasteiger partial charge in [-0.1, -0.05) is 41.9 Å². The second-order valence-electron chi connectivity index (χ2n) is 5.02. The fourth-order valence-electron chi connectivity index (χ4n) is 1.99. The number of Topliss-reactive ketones (excluding diaryl/α,β-unsaturated/α-hetero) is 1. The van der Waals surface area contributed by atoms with Gasteiger partial charge in [0.1, 0.15) is 9.79 Å². The molecule has 0 saturated heterocycles. The van der Waals surface area contributed by atoms with E-state index in [9.17, 15) is 26.4 Å². The minimum absolute atomic E-state index is 0.0643. The summed E-state index contributed by atoms with van der Waals surface area (Å²) in [6.45, 7) is 0. The van der Waals surface area contributed by atoms with Crippen LogP contribution < -0.4 is 15.6 Å². The van der Waals surface area contributed by atoms with Gasteiger partial charge in [-0.05, 0) is 12.1 Å². The highest BCUT2D eigenvalue weighted by Crippen LogP contribution is 2.30. The van der Waals surface area contributed by atoms with Crippen LogP contribution in [0.4, 0.5) is 5.69 Å². The van der Waals surface area contributed by atoms with Crippen LogP contribution in [0.15, 0.2) is 52.3 Å². The van der Waals surface area contributed by atoms with Crippen molar-refractivity contribution in [1.29, 1.82) is 0 Å². The van der Waals surface area contributed by atoms with E-state index >= 15 is 0 Å². The van der Waals surface area contributed by atoms with Crippen molar-refractivity contribution in [2.75, 3.05) is 5.32 Å². The SMILES string of the molecule is NS(=O)(=O)c1cc(S(N)(=O)=O)c(NC(=O)C(=O)c2ccccc2)cc1Cl. The number of anilines is 1. The molecule has 0 aliphatic heterocycles. The molecule has 0 bridgehead atoms. The lowest BCUT2D eigenvalue weighted by Crippen LogP contribution is -2.25. The monoisotopic (exact) mass is 417 g/mol. The third kappa shape index (κ3) is 4.45. The topological polar surface area (TPSA) is 166 Å². The zero-order valence-electron chi connectivity index (χ0n) is 12.8. The average molecular weight is 418 g/mol. The molecule has 5 N–H and O–H groups in total. The molecule has 2 aromatic carbocycles. The van der Waals surface area contributed by atoms with Gasteiger partial charge in [0.25, 0.3) is 11.7 Å². The fraction of sp³-hybridized carbons (Fsp3) is 0. The summed E-state index contributed by atoms with van der Waals surface area (Å²) in [4.78, 5) is 22.7. The Balaban J connectivity index is 2.51. The van der Waals surface area contributed by atoms with Crippen LogP contribution >= 0.6 is 11.6 Å². The molecule has 26 heavy (non-hydrogen) atoms. The van der Waals surface area contributed by atoms with Crippen molar-refractivity contribution in [3.63, 3.8) is 0 Å². The second-order valence-corrected chi connectivity index (χ2v) is 8.48. The number of amides is 1. The molecule has 1 amide bonds. The normalized spacial score (nSPS) is 11.8. The van der Waals surface area contributed by atoms with Gasteiger partial charge in [-0.25, -0.2) is 27.1 Å². The van der Waals surface area contributed by atoms with Crippen LogP contribution in [0.3, 0.4) is 0 Å². The molecule has 0 unspecified atom stereocenters. The summed E-state index contributed by atoms with van der Waals surface area (Å²) in [7, 11) is -8.83. The maximum absolute atomic E-state index is 12.1. The summed E-state index contributed by atoms with van der Waals surface area (Å²) in [6.07, 6.45) is 0. The lowest BCUT2D eigenvalue weighted by molar-refractivity contribution is -0.112. The lowest BCUT2D eigenvalue weighted by Gasteiger charge is -2.12. The quantitative estimate of drug-likeness (QED) is 0.471. The summed E-state index contributed by atoms with van der Waals surface area (Å²) in [5, 5.41) is 11.6. The van der Waals surface area contributed by atoms with E-state index in [0.29, 0.717) is 6.07 Å². The van der Waals surface area contributed by atoms with Gasteiger partial charge in [-0.15, -0.1) is 0 Å². The van der Waals surface area contributed by atoms with Crippen molar-refractivity contribution in [2.24, 2.45) is 10.3 Å². The first-order valence-electron chi connectivity index (χ1n) is 6.71. The Morgan fingerprint density at radius 3 is 1.92 bits per heavy atom. The van der Waals surface area contributed by atoms with Crippen LogP contribution in [0.25, 0.3) is 0 Å². The first-order valence-corrected chi connectivity index (χ1v) is 10.2. The van der Waals surface area contributed by atoms with Crippen molar-refractivity contribution in [1.82, 2.24) is 0 Å². The van der Waals surface area contributed by atoms with Crippen molar-refractivity contribution >= 4 is 49.0 Å². The molecule has 0 heterocycles. The van der Waals surface area contributed by atoms with Crippen molar-refractivity contribution < 1.29 is 26.4 Å². The Morgan fingerprint density at radius 2 is 1.42 bits per heavy atom. The van der Waals surface area contributed by atoms with E-state index in [1.807, 2.05) is 0 Å². The number of rotatable bonds is 5. The Morgan fingerprint density at radius 1 is 0.885 bits per heavy atom. The molecule has 2 rings (SSSR count). The van der Waals surface area contributed by atoms with Gasteiger partial charge in [-0.2, -0.15) is 0 Å². The van der Waals surface area contributed by atoms with E-state index in [4.69, 9.17) is 21.9 Å². The molecule has 0 aliphatic rings. The number of nitrogens with one attached hydrogen (secondary N) is 1. The number of benzene rings is 2. The maximum Gasteiger partial charge on any atom is 0.296 e. The standard InChI is InChI=1S/C14H12ClN3O6S2/c15-9-6-10(12(26(17,23)24)7-11(9)25(16,21)22)18-14(20)13(19)8-4-2-1-3-5-8/h1-7H,(H,18,20)(H2,16,21,22)(H2,17,23,24). The van der Waals surface area contributed by atoms with Crippen molar-refractivity contribution in [3.05, 3.63) is 53.1 Å². The summed E-state index contributed by atoms with van der Waals surface area (Å²) in [5.41, 5.74) is -0.395. The first kappa shape index (κ1) is 20.0. The molecule has 0 spiro atoms. The fourth-order valence-corrected chi connectivity index (χ4v) is 3.86. The molecule has 0 saturated carbocycles. The van der Waals surface area contributed by atoms with Gasteiger partial charge in [0.15, 0.2) is 0 Å². The molecule has 0 aromatic heterocycles. The number of sulfonamides is 2. The van der Waals surface area contributed by atoms with Gasteiger partial charge in [0, 0.05) is 5.56 Å². The Hall–Kier alpha value is -2.31. The van der Waals surface area contributed by atoms with Gasteiger partial charge < -0.3 is 5.32 Å². The van der Waals surface area contributed by atoms with Gasteiger partial charge in [-0.3, -0.25) is 9.59 Å². The zero-order valence-corrected chi connectivity index (χ0v) is 15.2. The smallest absolute Gasteiger partial charge is 0.296 e. The van der Waals surface area contributed by atoms with Crippen LogP contribution in [-0.4, -0.2) is 28.5 Å². The van der Waals surface area contributed by atoms with Crippen molar-refractivity contribution in [3.8, 4) is 0 Å². The molecular weight excluding hydrogens is 406 g/mol. The Bertz CT molecular complexity index is 1100. The van der Waals surface area contributed by atoms with Crippen LogP contribution in [-0.2, 0) is 24.8 Å². The predicted octanol–water partition coefficient (Wildman–Crippen LogP) is 0.456. The summed E-state index contributed by atoms with van der Waals surface area (Å²) in [6, 6.07) is 8.92. The van der Waals surface area contributed by atoms with E-state index < -0.39 is 52.2 Å². The molecule has 0 aliphatic carbocycles. The van der Waals surface area contributed by atoms with Gasteiger partial charge in [0.05, 0.1) is 10.7 Å². The molecule has 0 atom stereocenters. The van der Waals surface area contributed by atoms with Crippen LogP contribution in [0.2, 0.25) is 5.02 Å². The minimum atomic E-state index is -4.47. The molecular formula is C14H12ClN3O6S2. The number of halogens is 1. The van der Waals surface area contributed by atoms with E-state index in [0.717, 1.165) is 6.07 Å². The van der Waals surface area contributed by atoms with Gasteiger partial charge in [0.2, 0.25) is 20.0 Å². The predicted molar refractivity (Wildman–Crippen MR) is 93.6 cm³/mol. The third-order valence-corrected chi connectivity index (χ3v) is 5.46. The average Bonchev–Trinajstić information content (AvgIpc) is 2.52. The first-order chi connectivity index (χ1) is 11.9. The number of nitrogens with two attached hydrogens (primary N) is 2. The summed E-state index contributed by atoms with van der Waals surface area (Å²) in [5.74, 6) is -2.11. The van der Waals surface area contributed by atoms with Gasteiger partial charge >= 0.3 is 0 Å². The highest BCUT2D eigenvalue weighted by atomic mass is 35.5. The van der Waals surface area contributed by atoms with E-state index in [-0.39, 0.29) is 5.56 Å². The number of hydrogen-bond donors (Lipinski definition) is 3. The number of primary sulfonamides is 2. The zero-order chi connectivity index (χ0) is 19.7. The highest BCUT2D eigenvalue weighted by molar-refractivity contribution is 7.90. The number of ketones is 1. The van der Waals surface area contributed by atoms with Crippen LogP contribution in [0.1, 0.15) is 10.4 Å². The minimum Gasteiger partial charge on any atom is -0.318 e. The highest BCUT2D eigenvalue weighted by Gasteiger charge is 2.25. The molecule has 0 fully saturated rings. The summed E-state index contributed by atoms with van der Waals surface area (Å²) >= 11 is 5.79. The third-order valence-electron chi connectivity index (χ3n) is 3.14. The number of carbonyl (C=O) groups is 2. The molecule has 2 aromatic rings. The molecule has 9 nitrogen and oxygen atoms in total. The number of hydrogen-bond acceptors (Lipinski definition) is 6. The summed E-state index contributed by atoms with van der Waals surface area (Å²) < 4.78 is 46.4. The molecule has 138 valence electrons. The van der Waals surface area contributed by atoms with Crippen molar-refractivity contribution in [2.45, 2.75) is 9.79 Å². The molecule has 0 radical (unpaired) electrons. The van der Waals surface area contributed by atoms with E-state index in [1.165, 1.54) is 24.3 Å². The van der Waals surface area contributed by atoms with E-state index in [1.54, 1.807) is 6.07 Å². The van der Waals surface area contributed by atoms with E-state index in [2.05, 4.69) is 5.32 Å². The second kappa shape index (κ2) is 7.13. The largest absolute Gasteiger partial charge is 0.318 e. The van der Waals surface area contributed by atoms with Crippen LogP contribution in [0.5, 0.6) is 0 Å². The molecule has 12 heteroatoms. The number of carbonyl (C=O) groups excluding carboxylic acids is 2. The lowest BCUT2D eigenvalue weighted by atomic mass is 10.1. The Kier molecular flexibility index (Phi) is 5.49. The van der Waals surface area contributed by atoms with Crippen LogP contribution in [0, 0.1) is 0 Å². The maximum atomic E-state index is 12.1.